The van der Waals surface area contributed by atoms with Crippen LogP contribution >= 0.6 is 0 Å². The van der Waals surface area contributed by atoms with Gasteiger partial charge in [-0.15, -0.1) is 0 Å². The van der Waals surface area contributed by atoms with E-state index in [4.69, 9.17) is 0 Å². The van der Waals surface area contributed by atoms with E-state index in [9.17, 15) is 9.18 Å². The van der Waals surface area contributed by atoms with E-state index in [2.05, 4.69) is 5.32 Å². The van der Waals surface area contributed by atoms with Gasteiger partial charge in [-0.25, -0.2) is 4.39 Å². The van der Waals surface area contributed by atoms with Crippen molar-refractivity contribution in [1.29, 1.82) is 0 Å². The Balaban J connectivity index is 2.44. The lowest BCUT2D eigenvalue weighted by molar-refractivity contribution is -0.116. The first-order valence-corrected chi connectivity index (χ1v) is 5.47. The number of benzene rings is 1. The van der Waals surface area contributed by atoms with E-state index in [1.165, 1.54) is 12.1 Å². The van der Waals surface area contributed by atoms with Crippen LogP contribution < -0.4 is 5.32 Å². The van der Waals surface area contributed by atoms with Crippen molar-refractivity contribution in [3.8, 4) is 0 Å². The Labute approximate surface area is 101 Å². The molecule has 4 heteroatoms. The summed E-state index contributed by atoms with van der Waals surface area (Å²) in [5.41, 5.74) is 0.481. The molecule has 0 saturated heterocycles. The molecule has 0 spiro atoms. The fourth-order valence-electron chi connectivity index (χ4n) is 1.36. The van der Waals surface area contributed by atoms with Gasteiger partial charge in [-0.2, -0.15) is 0 Å². The summed E-state index contributed by atoms with van der Waals surface area (Å²) < 4.78 is 12.9. The summed E-state index contributed by atoms with van der Waals surface area (Å²) in [6, 6.07) is 5.86. The van der Waals surface area contributed by atoms with Crippen LogP contribution in [0, 0.1) is 5.82 Å². The van der Waals surface area contributed by atoms with Gasteiger partial charge in [-0.05, 0) is 32.2 Å². The number of hydrogen-bond donors (Lipinski definition) is 1. The van der Waals surface area contributed by atoms with Crippen LogP contribution in [0.5, 0.6) is 0 Å². The number of carbonyl (C=O) groups is 1. The highest BCUT2D eigenvalue weighted by atomic mass is 19.1. The second kappa shape index (κ2) is 6.81. The molecule has 0 atom stereocenters. The lowest BCUT2D eigenvalue weighted by Crippen LogP contribution is -2.30. The van der Waals surface area contributed by atoms with E-state index in [-0.39, 0.29) is 18.3 Å². The Bertz CT molecular complexity index is 404. The molecule has 1 N–H and O–H groups in total. The Hall–Kier alpha value is -1.68. The topological polar surface area (TPSA) is 32.3 Å². The van der Waals surface area contributed by atoms with Crippen LogP contribution in [0.15, 0.2) is 36.4 Å². The number of allylic oxidation sites excluding steroid dienone is 1. The van der Waals surface area contributed by atoms with E-state index in [0.717, 1.165) is 0 Å². The molecular formula is C13H17FN2O. The fourth-order valence-corrected chi connectivity index (χ4v) is 1.36. The molecule has 17 heavy (non-hydrogen) atoms. The average Bonchev–Trinajstić information content (AvgIpc) is 2.26. The van der Waals surface area contributed by atoms with Crippen LogP contribution in [0.3, 0.4) is 0 Å². The first-order valence-electron chi connectivity index (χ1n) is 5.47. The molecule has 3 nitrogen and oxygen atoms in total. The summed E-state index contributed by atoms with van der Waals surface area (Å²) in [4.78, 5) is 13.5. The highest BCUT2D eigenvalue weighted by Gasteiger charge is 2.05. The lowest BCUT2D eigenvalue weighted by atomic mass is 10.3. The predicted octanol–water partition coefficient (Wildman–Crippen LogP) is 2.27. The molecule has 0 fully saturated rings. The molecular weight excluding hydrogens is 219 g/mol. The van der Waals surface area contributed by atoms with Gasteiger partial charge in [0.25, 0.3) is 0 Å². The molecule has 0 bridgehead atoms. The quantitative estimate of drug-likeness (QED) is 0.795. The third-order valence-electron chi connectivity index (χ3n) is 2.17. The molecule has 0 aliphatic carbocycles. The Kier molecular flexibility index (Phi) is 5.36. The van der Waals surface area contributed by atoms with E-state index in [1.807, 2.05) is 31.0 Å². The molecule has 0 aliphatic rings. The Morgan fingerprint density at radius 3 is 2.94 bits per heavy atom. The molecule has 1 aromatic carbocycles. The number of rotatable bonds is 5. The SMILES string of the molecule is C/C=C/CN(C)CC(=O)Nc1cccc(F)c1. The van der Waals surface area contributed by atoms with Crippen LogP contribution in [0.4, 0.5) is 10.1 Å². The van der Waals surface area contributed by atoms with Crippen molar-refractivity contribution < 1.29 is 9.18 Å². The lowest BCUT2D eigenvalue weighted by Gasteiger charge is -2.13. The number of likely N-dealkylation sites (N-methyl/N-ethyl adjacent to an activating group) is 1. The average molecular weight is 236 g/mol. The van der Waals surface area contributed by atoms with Crippen molar-refractivity contribution in [1.82, 2.24) is 4.90 Å². The smallest absolute Gasteiger partial charge is 0.238 e. The molecule has 0 radical (unpaired) electrons. The summed E-state index contributed by atoms with van der Waals surface area (Å²) in [6.45, 7) is 2.93. The van der Waals surface area contributed by atoms with Crippen molar-refractivity contribution in [2.45, 2.75) is 6.92 Å². The number of carbonyl (C=O) groups excluding carboxylic acids is 1. The molecule has 0 aromatic heterocycles. The van der Waals surface area contributed by atoms with E-state index in [1.54, 1.807) is 12.1 Å². The largest absolute Gasteiger partial charge is 0.325 e. The summed E-state index contributed by atoms with van der Waals surface area (Å²) in [6.07, 6.45) is 3.90. The van der Waals surface area contributed by atoms with Crippen LogP contribution in [0.2, 0.25) is 0 Å². The van der Waals surface area contributed by atoms with Crippen molar-refractivity contribution in [2.75, 3.05) is 25.5 Å². The van der Waals surface area contributed by atoms with Crippen molar-refractivity contribution in [3.05, 3.63) is 42.2 Å². The molecule has 1 rings (SSSR count). The number of hydrogen-bond acceptors (Lipinski definition) is 2. The number of nitrogens with zero attached hydrogens (tertiary/aromatic N) is 1. The van der Waals surface area contributed by atoms with E-state index in [0.29, 0.717) is 12.2 Å². The van der Waals surface area contributed by atoms with Gasteiger partial charge < -0.3 is 5.32 Å². The molecule has 0 aliphatic heterocycles. The van der Waals surface area contributed by atoms with Gasteiger partial charge in [-0.1, -0.05) is 18.2 Å². The monoisotopic (exact) mass is 236 g/mol. The summed E-state index contributed by atoms with van der Waals surface area (Å²) >= 11 is 0. The minimum atomic E-state index is -0.356. The Morgan fingerprint density at radius 2 is 2.29 bits per heavy atom. The summed E-state index contributed by atoms with van der Waals surface area (Å²) in [5.74, 6) is -0.507. The molecule has 92 valence electrons. The summed E-state index contributed by atoms with van der Waals surface area (Å²) in [7, 11) is 1.85. The van der Waals surface area contributed by atoms with Gasteiger partial charge in [0.05, 0.1) is 6.54 Å². The highest BCUT2D eigenvalue weighted by molar-refractivity contribution is 5.92. The van der Waals surface area contributed by atoms with Crippen LogP contribution in [-0.2, 0) is 4.79 Å². The van der Waals surface area contributed by atoms with Gasteiger partial charge >= 0.3 is 0 Å². The standard InChI is InChI=1S/C13H17FN2O/c1-3-4-8-16(2)10-13(17)15-12-7-5-6-11(14)9-12/h3-7,9H,8,10H2,1-2H3,(H,15,17)/b4-3+. The third kappa shape index (κ3) is 5.26. The first kappa shape index (κ1) is 13.4. The van der Waals surface area contributed by atoms with Gasteiger partial charge in [0.1, 0.15) is 5.82 Å². The van der Waals surface area contributed by atoms with E-state index >= 15 is 0 Å². The molecule has 0 unspecified atom stereocenters. The zero-order valence-corrected chi connectivity index (χ0v) is 10.1. The predicted molar refractivity (Wildman–Crippen MR) is 67.3 cm³/mol. The van der Waals surface area contributed by atoms with Gasteiger partial charge in [0.2, 0.25) is 5.91 Å². The normalized spacial score (nSPS) is 11.1. The van der Waals surface area contributed by atoms with Crippen molar-refractivity contribution >= 4 is 11.6 Å². The van der Waals surface area contributed by atoms with Crippen LogP contribution in [0.25, 0.3) is 0 Å². The molecule has 1 aromatic rings. The number of anilines is 1. The fraction of sp³-hybridized carbons (Fsp3) is 0.308. The first-order chi connectivity index (χ1) is 8.11. The van der Waals surface area contributed by atoms with Gasteiger partial charge in [0, 0.05) is 12.2 Å². The van der Waals surface area contributed by atoms with Gasteiger partial charge in [-0.3, -0.25) is 9.69 Å². The highest BCUT2D eigenvalue weighted by Crippen LogP contribution is 2.08. The second-order valence-electron chi connectivity index (χ2n) is 3.82. The van der Waals surface area contributed by atoms with Crippen LogP contribution in [0.1, 0.15) is 6.92 Å². The maximum Gasteiger partial charge on any atom is 0.238 e. The van der Waals surface area contributed by atoms with E-state index < -0.39 is 0 Å². The van der Waals surface area contributed by atoms with Crippen LogP contribution in [-0.4, -0.2) is 30.9 Å². The third-order valence-corrected chi connectivity index (χ3v) is 2.17. The molecule has 1 amide bonds. The van der Waals surface area contributed by atoms with Crippen molar-refractivity contribution in [3.63, 3.8) is 0 Å². The maximum atomic E-state index is 12.9. The Morgan fingerprint density at radius 1 is 1.53 bits per heavy atom. The minimum absolute atomic E-state index is 0.150. The minimum Gasteiger partial charge on any atom is -0.325 e. The molecule has 0 saturated carbocycles. The van der Waals surface area contributed by atoms with Crippen molar-refractivity contribution in [2.24, 2.45) is 0 Å². The number of halogens is 1. The maximum absolute atomic E-state index is 12.9. The number of amides is 1. The second-order valence-corrected chi connectivity index (χ2v) is 3.82. The number of nitrogens with one attached hydrogen (secondary N) is 1. The zero-order valence-electron chi connectivity index (χ0n) is 10.1. The summed E-state index contributed by atoms with van der Waals surface area (Å²) in [5, 5.41) is 2.65. The zero-order chi connectivity index (χ0) is 12.7. The molecule has 0 heterocycles. The van der Waals surface area contributed by atoms with Gasteiger partial charge in [0.15, 0.2) is 0 Å².